The van der Waals surface area contributed by atoms with Crippen LogP contribution in [-0.2, 0) is 0 Å². The lowest BCUT2D eigenvalue weighted by Gasteiger charge is -2.37. The van der Waals surface area contributed by atoms with E-state index in [0.29, 0.717) is 0 Å². The molecule has 2 aliphatic rings. The normalized spacial score (nSPS) is 19.4. The molecule has 1 fully saturated rings. The molecule has 110 valence electrons. The van der Waals surface area contributed by atoms with E-state index in [-0.39, 0.29) is 0 Å². The van der Waals surface area contributed by atoms with Gasteiger partial charge in [-0.2, -0.15) is 0 Å². The van der Waals surface area contributed by atoms with Gasteiger partial charge in [-0.05, 0) is 37.4 Å². The molecule has 1 aliphatic heterocycles. The van der Waals surface area contributed by atoms with Gasteiger partial charge in [0.05, 0.1) is 11.4 Å². The fraction of sp³-hybridized carbons (Fsp3) is 0.647. The maximum absolute atomic E-state index is 3.66. The number of anilines is 2. The minimum Gasteiger partial charge on any atom is -0.371 e. The van der Waals surface area contributed by atoms with Gasteiger partial charge in [-0.1, -0.05) is 25.0 Å². The van der Waals surface area contributed by atoms with Gasteiger partial charge in [-0.15, -0.1) is 0 Å². The lowest BCUT2D eigenvalue weighted by Crippen LogP contribution is -2.42. The number of nitrogens with zero attached hydrogens (tertiary/aromatic N) is 2. The monoisotopic (exact) mass is 273 g/mol. The minimum absolute atomic E-state index is 0.940. The molecule has 1 N–H and O–H groups in total. The van der Waals surface area contributed by atoms with E-state index in [1.807, 2.05) is 0 Å². The molecular formula is C17H27N3. The molecule has 0 spiro atoms. The van der Waals surface area contributed by atoms with Crippen molar-refractivity contribution in [1.82, 2.24) is 5.32 Å². The molecule has 0 aromatic heterocycles. The van der Waals surface area contributed by atoms with Crippen molar-refractivity contribution in [2.75, 3.05) is 49.6 Å². The van der Waals surface area contributed by atoms with Crippen molar-refractivity contribution < 1.29 is 0 Å². The summed E-state index contributed by atoms with van der Waals surface area (Å²) in [4.78, 5) is 4.88. The molecular weight excluding hydrogens is 246 g/mol. The van der Waals surface area contributed by atoms with Gasteiger partial charge in [0.2, 0.25) is 0 Å². The van der Waals surface area contributed by atoms with Crippen LogP contribution < -0.4 is 15.1 Å². The molecule has 0 amide bonds. The first kappa shape index (κ1) is 13.7. The van der Waals surface area contributed by atoms with Gasteiger partial charge in [0.1, 0.15) is 0 Å². The Hall–Kier alpha value is -1.22. The van der Waals surface area contributed by atoms with Crippen LogP contribution in [0.1, 0.15) is 25.7 Å². The van der Waals surface area contributed by atoms with E-state index in [4.69, 9.17) is 0 Å². The lowest BCUT2D eigenvalue weighted by atomic mass is 10.1. The quantitative estimate of drug-likeness (QED) is 0.832. The highest BCUT2D eigenvalue weighted by atomic mass is 15.3. The van der Waals surface area contributed by atoms with Crippen molar-refractivity contribution in [1.29, 1.82) is 0 Å². The Morgan fingerprint density at radius 1 is 1.10 bits per heavy atom. The molecule has 1 aliphatic carbocycles. The lowest BCUT2D eigenvalue weighted by molar-refractivity contribution is 0.490. The van der Waals surface area contributed by atoms with E-state index in [2.05, 4.69) is 46.4 Å². The van der Waals surface area contributed by atoms with Crippen LogP contribution in [0.4, 0.5) is 11.4 Å². The van der Waals surface area contributed by atoms with Crippen LogP contribution in [0, 0.1) is 5.92 Å². The average Bonchev–Trinajstić information content (AvgIpc) is 2.99. The zero-order valence-corrected chi connectivity index (χ0v) is 12.6. The summed E-state index contributed by atoms with van der Waals surface area (Å²) in [5, 5.41) is 3.66. The van der Waals surface area contributed by atoms with Crippen molar-refractivity contribution >= 4 is 11.4 Å². The number of benzene rings is 1. The molecule has 0 atom stereocenters. The molecule has 3 rings (SSSR count). The third-order valence-corrected chi connectivity index (χ3v) is 4.81. The second-order valence-electron chi connectivity index (χ2n) is 6.25. The number of fused-ring (bicyclic) bond motifs is 1. The van der Waals surface area contributed by atoms with Gasteiger partial charge in [-0.3, -0.25) is 0 Å². The van der Waals surface area contributed by atoms with Crippen LogP contribution in [0.15, 0.2) is 24.3 Å². The second kappa shape index (κ2) is 6.49. The number of hydrogen-bond donors (Lipinski definition) is 1. The summed E-state index contributed by atoms with van der Waals surface area (Å²) < 4.78 is 0. The van der Waals surface area contributed by atoms with E-state index >= 15 is 0 Å². The zero-order chi connectivity index (χ0) is 13.8. The van der Waals surface area contributed by atoms with Crippen molar-refractivity contribution in [3.05, 3.63) is 24.3 Å². The molecule has 3 nitrogen and oxygen atoms in total. The molecule has 0 unspecified atom stereocenters. The summed E-state index contributed by atoms with van der Waals surface area (Å²) >= 11 is 0. The predicted octanol–water partition coefficient (Wildman–Crippen LogP) is 2.72. The molecule has 1 aromatic carbocycles. The number of likely N-dealkylation sites (N-methyl/N-ethyl adjacent to an activating group) is 1. The fourth-order valence-corrected chi connectivity index (χ4v) is 3.53. The number of hydrogen-bond acceptors (Lipinski definition) is 3. The van der Waals surface area contributed by atoms with Crippen LogP contribution in [0.2, 0.25) is 0 Å². The smallest absolute Gasteiger partial charge is 0.0605 e. The number of rotatable bonds is 5. The Bertz CT molecular complexity index is 426. The van der Waals surface area contributed by atoms with E-state index in [0.717, 1.165) is 32.1 Å². The van der Waals surface area contributed by atoms with Gasteiger partial charge >= 0.3 is 0 Å². The summed E-state index contributed by atoms with van der Waals surface area (Å²) in [5.74, 6) is 0.940. The van der Waals surface area contributed by atoms with Gasteiger partial charge in [0, 0.05) is 33.2 Å². The summed E-state index contributed by atoms with van der Waals surface area (Å²) in [6.07, 6.45) is 5.76. The van der Waals surface area contributed by atoms with Crippen LogP contribution >= 0.6 is 0 Å². The van der Waals surface area contributed by atoms with Gasteiger partial charge in [0.25, 0.3) is 0 Å². The topological polar surface area (TPSA) is 18.5 Å². The summed E-state index contributed by atoms with van der Waals surface area (Å²) in [5.41, 5.74) is 2.76. The maximum Gasteiger partial charge on any atom is 0.0605 e. The van der Waals surface area contributed by atoms with Gasteiger partial charge in [0.15, 0.2) is 0 Å². The molecule has 1 heterocycles. The van der Waals surface area contributed by atoms with Crippen molar-refractivity contribution in [3.8, 4) is 0 Å². The molecule has 20 heavy (non-hydrogen) atoms. The van der Waals surface area contributed by atoms with E-state index in [9.17, 15) is 0 Å². The van der Waals surface area contributed by atoms with Crippen LogP contribution in [0.5, 0.6) is 0 Å². The Labute approximate surface area is 123 Å². The summed E-state index contributed by atoms with van der Waals surface area (Å²) in [7, 11) is 2.19. The highest BCUT2D eigenvalue weighted by Gasteiger charge is 2.19. The number of para-hydroxylation sites is 2. The molecule has 0 radical (unpaired) electrons. The van der Waals surface area contributed by atoms with Gasteiger partial charge < -0.3 is 15.1 Å². The fourth-order valence-electron chi connectivity index (χ4n) is 3.53. The Morgan fingerprint density at radius 2 is 1.85 bits per heavy atom. The van der Waals surface area contributed by atoms with Crippen molar-refractivity contribution in [2.24, 2.45) is 5.92 Å². The summed E-state index contributed by atoms with van der Waals surface area (Å²) in [6.45, 7) is 5.71. The summed E-state index contributed by atoms with van der Waals surface area (Å²) in [6, 6.07) is 8.77. The third kappa shape index (κ3) is 3.09. The first-order chi connectivity index (χ1) is 9.84. The average molecular weight is 273 g/mol. The number of nitrogens with one attached hydrogen (secondary N) is 1. The standard InChI is InChI=1S/C17H27N3/c1-19-12-13-20(17-9-5-4-8-16(17)19)11-10-18-14-15-6-2-3-7-15/h4-5,8-9,15,18H,2-3,6-7,10-14H2,1H3. The van der Waals surface area contributed by atoms with Crippen LogP contribution in [0.25, 0.3) is 0 Å². The van der Waals surface area contributed by atoms with E-state index in [1.165, 1.54) is 43.6 Å². The third-order valence-electron chi connectivity index (χ3n) is 4.81. The molecule has 0 bridgehead atoms. The zero-order valence-electron chi connectivity index (χ0n) is 12.6. The SMILES string of the molecule is CN1CCN(CCNCC2CCCC2)c2ccccc21. The van der Waals surface area contributed by atoms with Crippen molar-refractivity contribution in [2.45, 2.75) is 25.7 Å². The Kier molecular flexibility index (Phi) is 4.46. The highest BCUT2D eigenvalue weighted by Crippen LogP contribution is 2.31. The maximum atomic E-state index is 3.66. The molecule has 0 saturated heterocycles. The Balaban J connectivity index is 1.49. The van der Waals surface area contributed by atoms with Gasteiger partial charge in [-0.25, -0.2) is 0 Å². The Morgan fingerprint density at radius 3 is 2.65 bits per heavy atom. The minimum atomic E-state index is 0.940. The largest absolute Gasteiger partial charge is 0.371 e. The second-order valence-corrected chi connectivity index (χ2v) is 6.25. The molecule has 1 saturated carbocycles. The first-order valence-electron chi connectivity index (χ1n) is 8.10. The van der Waals surface area contributed by atoms with Crippen LogP contribution in [0.3, 0.4) is 0 Å². The highest BCUT2D eigenvalue weighted by molar-refractivity contribution is 5.73. The predicted molar refractivity (Wildman–Crippen MR) is 86.8 cm³/mol. The molecule has 3 heteroatoms. The van der Waals surface area contributed by atoms with E-state index < -0.39 is 0 Å². The molecule has 1 aromatic rings. The van der Waals surface area contributed by atoms with E-state index in [1.54, 1.807) is 0 Å². The first-order valence-corrected chi connectivity index (χ1v) is 8.10. The van der Waals surface area contributed by atoms with Crippen molar-refractivity contribution in [3.63, 3.8) is 0 Å². The van der Waals surface area contributed by atoms with Crippen LogP contribution in [-0.4, -0.2) is 39.8 Å².